The highest BCUT2D eigenvalue weighted by Gasteiger charge is 2.33. The minimum atomic E-state index is -0.759. The molecule has 0 unspecified atom stereocenters. The predicted molar refractivity (Wildman–Crippen MR) is 121 cm³/mol. The van der Waals surface area contributed by atoms with Gasteiger partial charge in [0, 0.05) is 12.1 Å². The van der Waals surface area contributed by atoms with Crippen LogP contribution in [0.4, 0.5) is 11.4 Å². The maximum atomic E-state index is 12.5. The van der Waals surface area contributed by atoms with E-state index in [1.165, 1.54) is 24.3 Å². The van der Waals surface area contributed by atoms with Crippen LogP contribution in [-0.2, 0) is 9.53 Å². The SMILES string of the molecule is CCOC(=O)C1=C(O)C(=Cc2ccc(O)c(OCC)c2)SC1=Nc1cccc([N+](=O)[O-])c1. The predicted octanol–water partition coefficient (Wildman–Crippen LogP) is 4.89. The molecule has 1 aliphatic rings. The zero-order valence-corrected chi connectivity index (χ0v) is 18.1. The first-order valence-electron chi connectivity index (χ1n) is 9.63. The average Bonchev–Trinajstić information content (AvgIpc) is 3.05. The molecule has 0 saturated heterocycles. The summed E-state index contributed by atoms with van der Waals surface area (Å²) < 4.78 is 10.4. The molecule has 32 heavy (non-hydrogen) atoms. The maximum Gasteiger partial charge on any atom is 0.344 e. The summed E-state index contributed by atoms with van der Waals surface area (Å²) in [5.41, 5.74) is 0.586. The van der Waals surface area contributed by atoms with Gasteiger partial charge in [-0.05, 0) is 43.7 Å². The number of aliphatic imine (C=N–C) groups is 1. The summed E-state index contributed by atoms with van der Waals surface area (Å²) in [5.74, 6) is -0.813. The lowest BCUT2D eigenvalue weighted by molar-refractivity contribution is -0.384. The highest BCUT2D eigenvalue weighted by molar-refractivity contribution is 8.18. The van der Waals surface area contributed by atoms with E-state index in [4.69, 9.17) is 9.47 Å². The van der Waals surface area contributed by atoms with Crippen molar-refractivity contribution in [1.29, 1.82) is 0 Å². The Hall–Kier alpha value is -3.79. The third-order valence-electron chi connectivity index (χ3n) is 4.22. The number of aliphatic hydroxyl groups is 1. The van der Waals surface area contributed by atoms with Crippen LogP contribution in [0.3, 0.4) is 0 Å². The molecule has 2 aromatic rings. The summed E-state index contributed by atoms with van der Waals surface area (Å²) >= 11 is 1.02. The molecule has 2 N–H and O–H groups in total. The van der Waals surface area contributed by atoms with Gasteiger partial charge in [0.05, 0.1) is 28.7 Å². The lowest BCUT2D eigenvalue weighted by Gasteiger charge is -2.07. The quantitative estimate of drug-likeness (QED) is 0.342. The summed E-state index contributed by atoms with van der Waals surface area (Å²) in [4.78, 5) is 27.7. The lowest BCUT2D eigenvalue weighted by atomic mass is 10.1. The van der Waals surface area contributed by atoms with E-state index in [1.54, 1.807) is 38.1 Å². The minimum absolute atomic E-state index is 0.0204. The number of aromatic hydroxyl groups is 1. The molecular weight excluding hydrogens is 436 g/mol. The van der Waals surface area contributed by atoms with Crippen LogP contribution >= 0.6 is 11.8 Å². The molecule has 0 amide bonds. The van der Waals surface area contributed by atoms with Crippen molar-refractivity contribution in [3.63, 3.8) is 0 Å². The molecule has 1 heterocycles. The van der Waals surface area contributed by atoms with Gasteiger partial charge in [0.1, 0.15) is 16.4 Å². The van der Waals surface area contributed by atoms with Gasteiger partial charge < -0.3 is 19.7 Å². The summed E-state index contributed by atoms with van der Waals surface area (Å²) in [6.45, 7) is 3.88. The molecule has 2 aromatic carbocycles. The van der Waals surface area contributed by atoms with E-state index in [-0.39, 0.29) is 45.9 Å². The van der Waals surface area contributed by atoms with Gasteiger partial charge in [0.15, 0.2) is 11.5 Å². The molecule has 0 atom stereocenters. The molecule has 0 saturated carbocycles. The Morgan fingerprint density at radius 3 is 2.66 bits per heavy atom. The van der Waals surface area contributed by atoms with Crippen LogP contribution in [0.1, 0.15) is 19.4 Å². The Bertz CT molecular complexity index is 1150. The summed E-state index contributed by atoms with van der Waals surface area (Å²) in [7, 11) is 0. The third-order valence-corrected chi connectivity index (χ3v) is 5.24. The molecule has 1 aliphatic heterocycles. The number of thioether (sulfide) groups is 1. The highest BCUT2D eigenvalue weighted by Crippen LogP contribution is 2.41. The van der Waals surface area contributed by atoms with Crippen molar-refractivity contribution in [3.05, 3.63) is 74.4 Å². The molecule has 0 aromatic heterocycles. The van der Waals surface area contributed by atoms with Gasteiger partial charge in [-0.2, -0.15) is 0 Å². The standard InChI is InChI=1S/C22H20N2O7S/c1-3-30-17-10-13(8-9-16(17)25)11-18-20(26)19(22(27)31-4-2)21(32-18)23-14-6-5-7-15(12-14)24(28)29/h5-12,25-26H,3-4H2,1-2H3. The van der Waals surface area contributed by atoms with E-state index in [0.717, 1.165) is 11.8 Å². The van der Waals surface area contributed by atoms with Crippen LogP contribution in [0.15, 0.2) is 63.7 Å². The van der Waals surface area contributed by atoms with Crippen LogP contribution in [0.2, 0.25) is 0 Å². The number of nitrogens with zero attached hydrogens (tertiary/aromatic N) is 2. The molecule has 3 rings (SSSR count). The smallest absolute Gasteiger partial charge is 0.344 e. The van der Waals surface area contributed by atoms with Gasteiger partial charge in [-0.25, -0.2) is 9.79 Å². The van der Waals surface area contributed by atoms with Crippen molar-refractivity contribution in [3.8, 4) is 11.5 Å². The number of hydrogen-bond acceptors (Lipinski definition) is 9. The van der Waals surface area contributed by atoms with Crippen LogP contribution in [0.5, 0.6) is 11.5 Å². The van der Waals surface area contributed by atoms with Crippen molar-refractivity contribution < 1.29 is 29.4 Å². The van der Waals surface area contributed by atoms with E-state index < -0.39 is 10.9 Å². The fourth-order valence-electron chi connectivity index (χ4n) is 2.83. The molecule has 0 radical (unpaired) electrons. The summed E-state index contributed by atoms with van der Waals surface area (Å²) in [6, 6.07) is 10.3. The minimum Gasteiger partial charge on any atom is -0.506 e. The number of hydrogen-bond donors (Lipinski definition) is 2. The first-order chi connectivity index (χ1) is 15.3. The van der Waals surface area contributed by atoms with E-state index in [2.05, 4.69) is 4.99 Å². The molecule has 9 nitrogen and oxygen atoms in total. The number of phenolic OH excluding ortho intramolecular Hbond substituents is 1. The van der Waals surface area contributed by atoms with Crippen LogP contribution in [-0.4, -0.2) is 39.4 Å². The lowest BCUT2D eigenvalue weighted by Crippen LogP contribution is -2.12. The first kappa shape index (κ1) is 22.9. The second-order valence-corrected chi connectivity index (χ2v) is 7.44. The van der Waals surface area contributed by atoms with Crippen molar-refractivity contribution in [2.24, 2.45) is 4.99 Å². The Labute approximate surface area is 187 Å². The van der Waals surface area contributed by atoms with Gasteiger partial charge in [0.25, 0.3) is 5.69 Å². The molecular formula is C22H20N2O7S. The van der Waals surface area contributed by atoms with Gasteiger partial charge in [-0.1, -0.05) is 23.9 Å². The van der Waals surface area contributed by atoms with E-state index in [9.17, 15) is 25.1 Å². The number of ether oxygens (including phenoxy) is 2. The highest BCUT2D eigenvalue weighted by atomic mass is 32.2. The van der Waals surface area contributed by atoms with Crippen molar-refractivity contribution in [2.75, 3.05) is 13.2 Å². The third kappa shape index (κ3) is 5.09. The van der Waals surface area contributed by atoms with Crippen LogP contribution in [0.25, 0.3) is 6.08 Å². The zero-order chi connectivity index (χ0) is 23.3. The Morgan fingerprint density at radius 2 is 1.97 bits per heavy atom. The molecule has 166 valence electrons. The molecule has 0 aliphatic carbocycles. The first-order valence-corrected chi connectivity index (χ1v) is 10.4. The number of phenols is 1. The second-order valence-electron chi connectivity index (χ2n) is 6.41. The number of esters is 1. The van der Waals surface area contributed by atoms with Crippen LogP contribution in [0, 0.1) is 10.1 Å². The van der Waals surface area contributed by atoms with Gasteiger partial charge in [0.2, 0.25) is 0 Å². The number of carbonyl (C=O) groups excluding carboxylic acids is 1. The Kier molecular flexibility index (Phi) is 7.16. The Morgan fingerprint density at radius 1 is 1.19 bits per heavy atom. The molecule has 0 fully saturated rings. The van der Waals surface area contributed by atoms with Crippen molar-refractivity contribution >= 4 is 40.2 Å². The number of aliphatic hydroxyl groups excluding tert-OH is 1. The van der Waals surface area contributed by atoms with Crippen LogP contribution < -0.4 is 4.74 Å². The number of non-ortho nitro benzene ring substituents is 1. The monoisotopic (exact) mass is 456 g/mol. The number of nitro groups is 1. The molecule has 10 heteroatoms. The number of rotatable bonds is 7. The second kappa shape index (κ2) is 10.0. The van der Waals surface area contributed by atoms with Gasteiger partial charge in [-0.15, -0.1) is 0 Å². The average molecular weight is 456 g/mol. The summed E-state index contributed by atoms with van der Waals surface area (Å²) in [6.07, 6.45) is 1.61. The van der Waals surface area contributed by atoms with Crippen molar-refractivity contribution in [2.45, 2.75) is 13.8 Å². The van der Waals surface area contributed by atoms with E-state index in [0.29, 0.717) is 17.1 Å². The fourth-order valence-corrected chi connectivity index (χ4v) is 3.86. The molecule has 0 bridgehead atoms. The van der Waals surface area contributed by atoms with Gasteiger partial charge >= 0.3 is 5.97 Å². The topological polar surface area (TPSA) is 131 Å². The van der Waals surface area contributed by atoms with Gasteiger partial charge in [-0.3, -0.25) is 10.1 Å². The van der Waals surface area contributed by atoms with E-state index >= 15 is 0 Å². The molecule has 0 spiro atoms. The Balaban J connectivity index is 2.05. The fraction of sp³-hybridized carbons (Fsp3) is 0.182. The normalized spacial score (nSPS) is 15.9. The van der Waals surface area contributed by atoms with Crippen molar-refractivity contribution in [1.82, 2.24) is 0 Å². The summed E-state index contributed by atoms with van der Waals surface area (Å²) in [5, 5.41) is 31.8. The van der Waals surface area contributed by atoms with E-state index in [1.807, 2.05) is 0 Å². The number of nitro benzene ring substituents is 1. The number of benzene rings is 2. The largest absolute Gasteiger partial charge is 0.506 e. The zero-order valence-electron chi connectivity index (χ0n) is 17.3. The maximum absolute atomic E-state index is 12.5. The number of carbonyl (C=O) groups is 1.